The van der Waals surface area contributed by atoms with Crippen molar-refractivity contribution in [3.63, 3.8) is 0 Å². The van der Waals surface area contributed by atoms with E-state index in [1.165, 1.54) is 24.5 Å². The summed E-state index contributed by atoms with van der Waals surface area (Å²) in [7, 11) is 0. The third-order valence-corrected chi connectivity index (χ3v) is 6.30. The number of allylic oxidation sites excluding steroid dienone is 1. The minimum Gasteiger partial charge on any atom is -0.421 e. The molecule has 0 saturated heterocycles. The largest absolute Gasteiger partial charge is 0.421 e. The van der Waals surface area contributed by atoms with Gasteiger partial charge in [-0.15, -0.1) is 10.2 Å². The summed E-state index contributed by atoms with van der Waals surface area (Å²) < 4.78 is 19.8. The molecule has 3 atom stereocenters. The van der Waals surface area contributed by atoms with Gasteiger partial charge in [0.2, 0.25) is 5.89 Å². The Morgan fingerprint density at radius 3 is 2.71 bits per heavy atom. The highest BCUT2D eigenvalue weighted by Crippen LogP contribution is 2.39. The molecule has 1 N–H and O–H groups in total. The SMILES string of the molecule is CC1=CC(CNC2CC2)C(C(C)C)CC1Cc1nnc(-c2ccccc2F)o1. The van der Waals surface area contributed by atoms with Crippen molar-refractivity contribution >= 4 is 0 Å². The Labute approximate surface area is 166 Å². The van der Waals surface area contributed by atoms with Crippen LogP contribution in [0.1, 0.15) is 45.9 Å². The maximum absolute atomic E-state index is 14.0. The van der Waals surface area contributed by atoms with Crippen LogP contribution in [0.2, 0.25) is 0 Å². The lowest BCUT2D eigenvalue weighted by Crippen LogP contribution is -2.35. The van der Waals surface area contributed by atoms with E-state index in [-0.39, 0.29) is 11.7 Å². The summed E-state index contributed by atoms with van der Waals surface area (Å²) in [6, 6.07) is 7.27. The number of rotatable bonds is 7. The zero-order chi connectivity index (χ0) is 19.7. The van der Waals surface area contributed by atoms with Gasteiger partial charge in [0, 0.05) is 19.0 Å². The van der Waals surface area contributed by atoms with Gasteiger partial charge in [-0.25, -0.2) is 4.39 Å². The van der Waals surface area contributed by atoms with Gasteiger partial charge < -0.3 is 9.73 Å². The van der Waals surface area contributed by atoms with Gasteiger partial charge in [-0.2, -0.15) is 0 Å². The molecule has 1 saturated carbocycles. The molecule has 5 heteroatoms. The van der Waals surface area contributed by atoms with Crippen LogP contribution in [0.3, 0.4) is 0 Å². The van der Waals surface area contributed by atoms with Crippen LogP contribution in [-0.2, 0) is 6.42 Å². The van der Waals surface area contributed by atoms with Crippen molar-refractivity contribution in [2.75, 3.05) is 6.54 Å². The standard InChI is InChI=1S/C23H30FN3O/c1-14(2)20-11-16(15(3)10-17(20)13-25-18-8-9-18)12-22-26-27-23(28-22)19-6-4-5-7-21(19)24/h4-7,10,14,16-18,20,25H,8-9,11-13H2,1-3H3. The van der Waals surface area contributed by atoms with Crippen molar-refractivity contribution in [3.8, 4) is 11.5 Å². The number of benzene rings is 1. The molecule has 1 aromatic carbocycles. The average Bonchev–Trinajstić information content (AvgIpc) is 3.39. The first-order valence-corrected chi connectivity index (χ1v) is 10.5. The Morgan fingerprint density at radius 2 is 2.00 bits per heavy atom. The van der Waals surface area contributed by atoms with Crippen molar-refractivity contribution in [3.05, 3.63) is 47.6 Å². The highest BCUT2D eigenvalue weighted by Gasteiger charge is 2.33. The molecule has 28 heavy (non-hydrogen) atoms. The molecule has 0 amide bonds. The van der Waals surface area contributed by atoms with Crippen LogP contribution in [0.4, 0.5) is 4.39 Å². The fourth-order valence-corrected chi connectivity index (χ4v) is 4.39. The summed E-state index contributed by atoms with van der Waals surface area (Å²) in [5.74, 6) is 2.79. The topological polar surface area (TPSA) is 51.0 Å². The molecule has 1 fully saturated rings. The first-order valence-electron chi connectivity index (χ1n) is 10.5. The van der Waals surface area contributed by atoms with E-state index < -0.39 is 0 Å². The van der Waals surface area contributed by atoms with Gasteiger partial charge in [0.05, 0.1) is 5.56 Å². The normalized spacial score (nSPS) is 25.2. The van der Waals surface area contributed by atoms with Crippen LogP contribution in [0.15, 0.2) is 40.3 Å². The Hall–Kier alpha value is -2.01. The molecule has 2 aromatic rings. The van der Waals surface area contributed by atoms with E-state index in [9.17, 15) is 4.39 Å². The van der Waals surface area contributed by atoms with E-state index in [1.807, 2.05) is 0 Å². The number of halogens is 1. The number of hydrogen-bond acceptors (Lipinski definition) is 4. The molecule has 3 unspecified atom stereocenters. The maximum Gasteiger partial charge on any atom is 0.250 e. The van der Waals surface area contributed by atoms with Gasteiger partial charge in [-0.3, -0.25) is 0 Å². The Bertz CT molecular complexity index is 840. The quantitative estimate of drug-likeness (QED) is 0.682. The molecular formula is C23H30FN3O. The van der Waals surface area contributed by atoms with Crippen molar-refractivity contribution in [1.29, 1.82) is 0 Å². The second kappa shape index (κ2) is 8.16. The molecule has 2 aliphatic carbocycles. The first-order chi connectivity index (χ1) is 13.5. The second-order valence-corrected chi connectivity index (χ2v) is 8.78. The van der Waals surface area contributed by atoms with Crippen LogP contribution in [0, 0.1) is 29.5 Å². The zero-order valence-electron chi connectivity index (χ0n) is 17.0. The lowest BCUT2D eigenvalue weighted by Gasteiger charge is -2.37. The highest BCUT2D eigenvalue weighted by atomic mass is 19.1. The summed E-state index contributed by atoms with van der Waals surface area (Å²) in [5.41, 5.74) is 1.77. The molecule has 2 aliphatic rings. The van der Waals surface area contributed by atoms with Gasteiger partial charge in [0.15, 0.2) is 0 Å². The summed E-state index contributed by atoms with van der Waals surface area (Å²) in [5, 5.41) is 12.0. The Kier molecular flexibility index (Phi) is 5.63. The molecule has 4 nitrogen and oxygen atoms in total. The van der Waals surface area contributed by atoms with E-state index in [4.69, 9.17) is 4.42 Å². The second-order valence-electron chi connectivity index (χ2n) is 8.78. The minimum atomic E-state index is -0.336. The Balaban J connectivity index is 1.47. The van der Waals surface area contributed by atoms with Gasteiger partial charge in [-0.05, 0) is 62.0 Å². The zero-order valence-corrected chi connectivity index (χ0v) is 17.0. The van der Waals surface area contributed by atoms with E-state index in [0.29, 0.717) is 35.1 Å². The predicted octanol–water partition coefficient (Wildman–Crippen LogP) is 5.02. The number of nitrogens with zero attached hydrogens (tertiary/aromatic N) is 2. The third-order valence-electron chi connectivity index (χ3n) is 6.30. The summed E-state index contributed by atoms with van der Waals surface area (Å²) >= 11 is 0. The fourth-order valence-electron chi connectivity index (χ4n) is 4.39. The predicted molar refractivity (Wildman–Crippen MR) is 108 cm³/mol. The molecule has 0 aliphatic heterocycles. The molecule has 1 heterocycles. The number of hydrogen-bond donors (Lipinski definition) is 1. The first kappa shape index (κ1) is 19.3. The fraction of sp³-hybridized carbons (Fsp3) is 0.565. The Morgan fingerprint density at radius 1 is 1.21 bits per heavy atom. The highest BCUT2D eigenvalue weighted by molar-refractivity contribution is 5.53. The lowest BCUT2D eigenvalue weighted by molar-refractivity contribution is 0.218. The van der Waals surface area contributed by atoms with Crippen LogP contribution < -0.4 is 5.32 Å². The molecule has 0 radical (unpaired) electrons. The van der Waals surface area contributed by atoms with Crippen molar-refractivity contribution in [1.82, 2.24) is 15.5 Å². The van der Waals surface area contributed by atoms with Gasteiger partial charge >= 0.3 is 0 Å². The van der Waals surface area contributed by atoms with E-state index in [2.05, 4.69) is 42.4 Å². The van der Waals surface area contributed by atoms with E-state index >= 15 is 0 Å². The monoisotopic (exact) mass is 383 g/mol. The van der Waals surface area contributed by atoms with E-state index in [0.717, 1.165) is 25.4 Å². The van der Waals surface area contributed by atoms with Crippen LogP contribution in [0.5, 0.6) is 0 Å². The molecule has 150 valence electrons. The molecule has 0 spiro atoms. The number of nitrogens with one attached hydrogen (secondary N) is 1. The van der Waals surface area contributed by atoms with Crippen LogP contribution in [0.25, 0.3) is 11.5 Å². The summed E-state index contributed by atoms with van der Waals surface area (Å²) in [4.78, 5) is 0. The molecule has 0 bridgehead atoms. The van der Waals surface area contributed by atoms with E-state index in [1.54, 1.807) is 18.2 Å². The van der Waals surface area contributed by atoms with Crippen LogP contribution in [-0.4, -0.2) is 22.8 Å². The molecule has 1 aromatic heterocycles. The maximum atomic E-state index is 14.0. The summed E-state index contributed by atoms with van der Waals surface area (Å²) in [6.45, 7) is 7.95. The van der Waals surface area contributed by atoms with Crippen molar-refractivity contribution in [2.24, 2.45) is 23.7 Å². The minimum absolute atomic E-state index is 0.262. The average molecular weight is 384 g/mol. The van der Waals surface area contributed by atoms with Crippen molar-refractivity contribution < 1.29 is 8.81 Å². The van der Waals surface area contributed by atoms with Crippen molar-refractivity contribution in [2.45, 2.75) is 52.5 Å². The van der Waals surface area contributed by atoms with Gasteiger partial charge in [0.1, 0.15) is 5.82 Å². The van der Waals surface area contributed by atoms with Crippen LogP contribution >= 0.6 is 0 Å². The third kappa shape index (κ3) is 4.35. The smallest absolute Gasteiger partial charge is 0.250 e. The van der Waals surface area contributed by atoms with Gasteiger partial charge in [-0.1, -0.05) is 37.6 Å². The number of aromatic nitrogens is 2. The molecular weight excluding hydrogens is 353 g/mol. The lowest BCUT2D eigenvalue weighted by atomic mass is 9.70. The van der Waals surface area contributed by atoms with Gasteiger partial charge in [0.25, 0.3) is 5.89 Å². The summed E-state index contributed by atoms with van der Waals surface area (Å²) in [6.07, 6.45) is 6.96. The molecule has 4 rings (SSSR count).